The Bertz CT molecular complexity index is 526. The molecule has 0 radical (unpaired) electrons. The van der Waals surface area contributed by atoms with Crippen LogP contribution in [0.15, 0.2) is 30.3 Å². The lowest BCUT2D eigenvalue weighted by molar-refractivity contribution is -0.150. The maximum atomic E-state index is 12.4. The van der Waals surface area contributed by atoms with Crippen LogP contribution in [0.5, 0.6) is 0 Å². The Morgan fingerprint density at radius 1 is 1.19 bits per heavy atom. The fourth-order valence-electron chi connectivity index (χ4n) is 3.04. The van der Waals surface area contributed by atoms with Crippen LogP contribution in [-0.4, -0.2) is 58.5 Å². The summed E-state index contributed by atoms with van der Waals surface area (Å²) in [7, 11) is 0. The molecule has 2 saturated heterocycles. The first-order chi connectivity index (χ1) is 10.1. The number of β-amino-alcohol motifs (C(OH)–C–C–N with tert-alkyl or cyclic N) is 1. The maximum Gasteiger partial charge on any atom is 0.245 e. The van der Waals surface area contributed by atoms with Crippen LogP contribution in [0.3, 0.4) is 0 Å². The summed E-state index contributed by atoms with van der Waals surface area (Å²) >= 11 is 0. The van der Waals surface area contributed by atoms with Gasteiger partial charge in [0.1, 0.15) is 6.04 Å². The molecule has 112 valence electrons. The zero-order valence-corrected chi connectivity index (χ0v) is 11.9. The number of carbonyl (C=O) groups is 2. The summed E-state index contributed by atoms with van der Waals surface area (Å²) in [4.78, 5) is 28.1. The van der Waals surface area contributed by atoms with E-state index in [-0.39, 0.29) is 17.9 Å². The van der Waals surface area contributed by atoms with Gasteiger partial charge in [-0.1, -0.05) is 30.3 Å². The quantitative estimate of drug-likeness (QED) is 0.877. The van der Waals surface area contributed by atoms with Crippen LogP contribution in [0, 0.1) is 0 Å². The summed E-state index contributed by atoms with van der Waals surface area (Å²) in [5, 5.41) is 9.31. The highest BCUT2D eigenvalue weighted by Crippen LogP contribution is 2.22. The van der Waals surface area contributed by atoms with Gasteiger partial charge in [-0.15, -0.1) is 0 Å². The molecule has 0 bridgehead atoms. The molecule has 0 saturated carbocycles. The number of rotatable bonds is 3. The topological polar surface area (TPSA) is 60.9 Å². The average molecular weight is 288 g/mol. The molecular formula is C16H20N2O3. The van der Waals surface area contributed by atoms with Crippen molar-refractivity contribution < 1.29 is 14.7 Å². The van der Waals surface area contributed by atoms with E-state index in [0.29, 0.717) is 26.1 Å². The number of aliphatic hydroxyl groups excluding tert-OH is 1. The number of amides is 2. The highest BCUT2D eigenvalue weighted by Gasteiger charge is 2.39. The second kappa shape index (κ2) is 5.85. The summed E-state index contributed by atoms with van der Waals surface area (Å²) in [6, 6.07) is 9.26. The van der Waals surface area contributed by atoms with E-state index in [0.717, 1.165) is 18.4 Å². The fourth-order valence-corrected chi connectivity index (χ4v) is 3.04. The van der Waals surface area contributed by atoms with Gasteiger partial charge in [0.2, 0.25) is 11.8 Å². The van der Waals surface area contributed by atoms with E-state index in [1.807, 2.05) is 30.3 Å². The van der Waals surface area contributed by atoms with Crippen LogP contribution < -0.4 is 0 Å². The summed E-state index contributed by atoms with van der Waals surface area (Å²) < 4.78 is 0. The van der Waals surface area contributed by atoms with Crippen molar-refractivity contribution in [3.05, 3.63) is 35.9 Å². The standard InChI is InChI=1S/C16H20N2O3/c19-13-10-17(11-13)16(21)14-7-4-8-18(14)15(20)9-12-5-2-1-3-6-12/h1-3,5-6,13-14,19H,4,7-11H2. The van der Waals surface area contributed by atoms with E-state index >= 15 is 0 Å². The first-order valence-electron chi connectivity index (χ1n) is 7.45. The molecule has 5 heteroatoms. The Kier molecular flexibility index (Phi) is 3.92. The third-order valence-corrected chi connectivity index (χ3v) is 4.23. The van der Waals surface area contributed by atoms with E-state index in [9.17, 15) is 14.7 Å². The molecule has 3 rings (SSSR count). The summed E-state index contributed by atoms with van der Waals surface area (Å²) in [5.41, 5.74) is 0.972. The monoisotopic (exact) mass is 288 g/mol. The predicted octanol–water partition coefficient (Wildman–Crippen LogP) is 0.423. The lowest BCUT2D eigenvalue weighted by Gasteiger charge is -2.39. The summed E-state index contributed by atoms with van der Waals surface area (Å²) in [5.74, 6) is -0.00247. The maximum absolute atomic E-state index is 12.4. The number of hydrogen-bond donors (Lipinski definition) is 1. The van der Waals surface area contributed by atoms with Gasteiger partial charge in [0.25, 0.3) is 0 Å². The molecule has 0 aromatic heterocycles. The molecule has 0 spiro atoms. The molecule has 1 unspecified atom stereocenters. The SMILES string of the molecule is O=C(C1CCCN1C(=O)Cc1ccccc1)N1CC(O)C1. The molecule has 0 aliphatic carbocycles. The van der Waals surface area contributed by atoms with Gasteiger partial charge in [-0.3, -0.25) is 9.59 Å². The number of hydrogen-bond acceptors (Lipinski definition) is 3. The van der Waals surface area contributed by atoms with Gasteiger partial charge in [0.15, 0.2) is 0 Å². The summed E-state index contributed by atoms with van der Waals surface area (Å²) in [6.07, 6.45) is 1.54. The molecule has 2 aliphatic heterocycles. The van der Waals surface area contributed by atoms with Crippen LogP contribution >= 0.6 is 0 Å². The van der Waals surface area contributed by atoms with Crippen LogP contribution in [0.2, 0.25) is 0 Å². The highest BCUT2D eigenvalue weighted by molar-refractivity contribution is 5.89. The van der Waals surface area contributed by atoms with Crippen molar-refractivity contribution in [3.63, 3.8) is 0 Å². The molecule has 21 heavy (non-hydrogen) atoms. The van der Waals surface area contributed by atoms with Crippen LogP contribution in [0.4, 0.5) is 0 Å². The zero-order chi connectivity index (χ0) is 14.8. The largest absolute Gasteiger partial charge is 0.389 e. The van der Waals surface area contributed by atoms with Crippen molar-refractivity contribution in [2.24, 2.45) is 0 Å². The average Bonchev–Trinajstić information content (AvgIpc) is 2.94. The number of likely N-dealkylation sites (tertiary alicyclic amines) is 2. The smallest absolute Gasteiger partial charge is 0.245 e. The van der Waals surface area contributed by atoms with E-state index in [1.54, 1.807) is 9.80 Å². The third-order valence-electron chi connectivity index (χ3n) is 4.23. The number of nitrogens with zero attached hydrogens (tertiary/aromatic N) is 2. The van der Waals surface area contributed by atoms with Crippen LogP contribution in [-0.2, 0) is 16.0 Å². The number of benzene rings is 1. The molecule has 1 aromatic rings. The second-order valence-electron chi connectivity index (χ2n) is 5.80. The minimum atomic E-state index is -0.399. The lowest BCUT2D eigenvalue weighted by Crippen LogP contribution is -2.58. The number of carbonyl (C=O) groups excluding carboxylic acids is 2. The Balaban J connectivity index is 1.63. The molecule has 2 heterocycles. The Morgan fingerprint density at radius 2 is 1.90 bits per heavy atom. The Morgan fingerprint density at radius 3 is 2.57 bits per heavy atom. The molecule has 2 amide bonds. The van der Waals surface area contributed by atoms with Crippen molar-refractivity contribution in [2.75, 3.05) is 19.6 Å². The Labute approximate surface area is 124 Å². The van der Waals surface area contributed by atoms with Gasteiger partial charge in [0, 0.05) is 19.6 Å². The van der Waals surface area contributed by atoms with Crippen molar-refractivity contribution >= 4 is 11.8 Å². The van der Waals surface area contributed by atoms with Crippen molar-refractivity contribution in [1.29, 1.82) is 0 Å². The molecular weight excluding hydrogens is 268 g/mol. The van der Waals surface area contributed by atoms with Crippen LogP contribution in [0.1, 0.15) is 18.4 Å². The van der Waals surface area contributed by atoms with E-state index in [1.165, 1.54) is 0 Å². The van der Waals surface area contributed by atoms with Gasteiger partial charge in [-0.2, -0.15) is 0 Å². The second-order valence-corrected chi connectivity index (χ2v) is 5.80. The highest BCUT2D eigenvalue weighted by atomic mass is 16.3. The Hall–Kier alpha value is -1.88. The van der Waals surface area contributed by atoms with Gasteiger partial charge in [0.05, 0.1) is 12.5 Å². The normalized spacial score (nSPS) is 22.2. The first kappa shape index (κ1) is 14.1. The lowest BCUT2D eigenvalue weighted by atomic mass is 10.1. The summed E-state index contributed by atoms with van der Waals surface area (Å²) in [6.45, 7) is 1.45. The predicted molar refractivity (Wildman–Crippen MR) is 77.5 cm³/mol. The van der Waals surface area contributed by atoms with E-state index in [4.69, 9.17) is 0 Å². The first-order valence-corrected chi connectivity index (χ1v) is 7.45. The van der Waals surface area contributed by atoms with E-state index < -0.39 is 6.10 Å². The molecule has 5 nitrogen and oxygen atoms in total. The van der Waals surface area contributed by atoms with Gasteiger partial charge in [-0.05, 0) is 18.4 Å². The minimum absolute atomic E-state index is 0.0121. The molecule has 1 atom stereocenters. The van der Waals surface area contributed by atoms with Crippen molar-refractivity contribution in [3.8, 4) is 0 Å². The van der Waals surface area contributed by atoms with E-state index in [2.05, 4.69) is 0 Å². The van der Waals surface area contributed by atoms with Gasteiger partial charge >= 0.3 is 0 Å². The van der Waals surface area contributed by atoms with Gasteiger partial charge in [-0.25, -0.2) is 0 Å². The molecule has 1 aromatic carbocycles. The molecule has 1 N–H and O–H groups in total. The molecule has 2 aliphatic rings. The molecule has 2 fully saturated rings. The number of aliphatic hydroxyl groups is 1. The third kappa shape index (κ3) is 2.93. The van der Waals surface area contributed by atoms with Crippen molar-refractivity contribution in [2.45, 2.75) is 31.4 Å². The van der Waals surface area contributed by atoms with Crippen LogP contribution in [0.25, 0.3) is 0 Å². The zero-order valence-electron chi connectivity index (χ0n) is 11.9. The minimum Gasteiger partial charge on any atom is -0.389 e. The fraction of sp³-hybridized carbons (Fsp3) is 0.500. The van der Waals surface area contributed by atoms with Crippen molar-refractivity contribution in [1.82, 2.24) is 9.80 Å². The van der Waals surface area contributed by atoms with Gasteiger partial charge < -0.3 is 14.9 Å².